The van der Waals surface area contributed by atoms with Gasteiger partial charge in [0.15, 0.2) is 34.5 Å². The smallest absolute Gasteiger partial charge is 0.493 e. The average molecular weight is 458 g/mol. The molecule has 7 nitrogen and oxygen atoms in total. The van der Waals surface area contributed by atoms with Crippen molar-refractivity contribution in [2.75, 3.05) is 21.3 Å². The van der Waals surface area contributed by atoms with Crippen molar-refractivity contribution in [2.45, 2.75) is 20.8 Å². The Morgan fingerprint density at radius 1 is 0.500 bits per heavy atom. The summed E-state index contributed by atoms with van der Waals surface area (Å²) in [5, 5.41) is 0. The average Bonchev–Trinajstić information content (AvgIpc) is 2.77. The number of hydrogen-bond acceptors (Lipinski definition) is 7. The lowest BCUT2D eigenvalue weighted by Gasteiger charge is -2.22. The Kier molecular flexibility index (Phi) is 7.21. The van der Waals surface area contributed by atoms with E-state index >= 15 is 0 Å². The van der Waals surface area contributed by atoms with Crippen molar-refractivity contribution in [1.82, 2.24) is 0 Å². The van der Waals surface area contributed by atoms with Gasteiger partial charge in [-0.25, -0.2) is 0 Å². The van der Waals surface area contributed by atoms with E-state index in [1.165, 1.54) is 21.3 Å². The molecule has 0 aliphatic carbocycles. The van der Waals surface area contributed by atoms with E-state index in [1.807, 2.05) is 20.8 Å². The molecule has 3 rings (SSSR count). The van der Waals surface area contributed by atoms with Gasteiger partial charge in [-0.05, 0) is 73.9 Å². The standard InChI is InChI=1S/C24H27O7P/c1-16-7-10-19(22(13-16)26-4)29-32(25,30-20-11-8-17(2)14-23(20)27-5)31-21-12-9-18(3)15-24(21)28-6/h7-15H,1-6H3. The SMILES string of the molecule is COc1cc(C)ccc1OP(=O)(Oc1ccc(C)cc1OC)Oc1ccc(C)cc1OC. The second-order valence-corrected chi connectivity index (χ2v) is 8.63. The monoisotopic (exact) mass is 458 g/mol. The molecular weight excluding hydrogens is 431 g/mol. The van der Waals surface area contributed by atoms with Crippen molar-refractivity contribution >= 4 is 7.82 Å². The predicted molar refractivity (Wildman–Crippen MR) is 123 cm³/mol. The van der Waals surface area contributed by atoms with Gasteiger partial charge in [0.2, 0.25) is 0 Å². The molecule has 0 aliphatic rings. The lowest BCUT2D eigenvalue weighted by atomic mass is 10.2. The zero-order chi connectivity index (χ0) is 23.3. The first kappa shape index (κ1) is 23.4. The summed E-state index contributed by atoms with van der Waals surface area (Å²) >= 11 is 0. The Bertz CT molecular complexity index is 1000. The highest BCUT2D eigenvalue weighted by atomic mass is 31.2. The third-order valence-corrected chi connectivity index (χ3v) is 5.85. The number of rotatable bonds is 9. The Labute approximate surface area is 188 Å². The van der Waals surface area contributed by atoms with E-state index in [4.69, 9.17) is 27.8 Å². The molecule has 0 saturated heterocycles. The topological polar surface area (TPSA) is 72.5 Å². The summed E-state index contributed by atoms with van der Waals surface area (Å²) in [5.74, 6) is 1.80. The van der Waals surface area contributed by atoms with Crippen LogP contribution in [0, 0.1) is 20.8 Å². The quantitative estimate of drug-likeness (QED) is 0.349. The normalized spacial score (nSPS) is 10.9. The van der Waals surface area contributed by atoms with Crippen LogP contribution >= 0.6 is 7.82 Å². The molecule has 3 aromatic rings. The molecule has 0 atom stereocenters. The third kappa shape index (κ3) is 5.48. The number of hydrogen-bond donors (Lipinski definition) is 0. The van der Waals surface area contributed by atoms with Gasteiger partial charge in [0.1, 0.15) is 0 Å². The van der Waals surface area contributed by atoms with E-state index in [0.29, 0.717) is 17.2 Å². The molecule has 0 N–H and O–H groups in total. The number of benzene rings is 3. The van der Waals surface area contributed by atoms with E-state index in [9.17, 15) is 4.57 Å². The van der Waals surface area contributed by atoms with Gasteiger partial charge in [0, 0.05) is 0 Å². The van der Waals surface area contributed by atoms with E-state index in [2.05, 4.69) is 0 Å². The minimum atomic E-state index is -4.29. The molecule has 0 amide bonds. The van der Waals surface area contributed by atoms with Crippen LogP contribution in [0.5, 0.6) is 34.5 Å². The second kappa shape index (κ2) is 9.88. The number of ether oxygens (including phenoxy) is 3. The first-order chi connectivity index (χ1) is 15.3. The molecule has 32 heavy (non-hydrogen) atoms. The molecule has 0 unspecified atom stereocenters. The van der Waals surface area contributed by atoms with Crippen molar-refractivity contribution in [1.29, 1.82) is 0 Å². The van der Waals surface area contributed by atoms with Crippen molar-refractivity contribution < 1.29 is 32.3 Å². The first-order valence-corrected chi connectivity index (χ1v) is 11.4. The minimum Gasteiger partial charge on any atom is -0.493 e. The molecule has 8 heteroatoms. The summed E-state index contributed by atoms with van der Waals surface area (Å²) in [6.07, 6.45) is 0. The highest BCUT2D eigenvalue weighted by molar-refractivity contribution is 7.49. The molecule has 0 saturated carbocycles. The molecule has 0 radical (unpaired) electrons. The van der Waals surface area contributed by atoms with Crippen LogP contribution in [0.2, 0.25) is 0 Å². The fourth-order valence-electron chi connectivity index (χ4n) is 2.97. The maximum atomic E-state index is 13.9. The van der Waals surface area contributed by atoms with Crippen LogP contribution in [0.3, 0.4) is 0 Å². The maximum Gasteiger partial charge on any atom is 0.647 e. The molecule has 3 aromatic carbocycles. The Morgan fingerprint density at radius 3 is 1.03 bits per heavy atom. The van der Waals surface area contributed by atoms with Gasteiger partial charge in [-0.1, -0.05) is 18.2 Å². The Hall–Kier alpha value is -3.31. The number of phosphoric ester groups is 1. The summed E-state index contributed by atoms with van der Waals surface area (Å²) in [7, 11) is 0.210. The fourth-order valence-corrected chi connectivity index (χ4v) is 4.25. The molecular formula is C24H27O7P. The van der Waals surface area contributed by atoms with E-state index in [0.717, 1.165) is 16.7 Å². The first-order valence-electron chi connectivity index (χ1n) is 9.89. The second-order valence-electron chi connectivity index (χ2n) is 7.18. The van der Waals surface area contributed by atoms with Gasteiger partial charge < -0.3 is 27.8 Å². The summed E-state index contributed by atoms with van der Waals surface area (Å²) in [6, 6.07) is 15.6. The van der Waals surface area contributed by atoms with Gasteiger partial charge in [0.25, 0.3) is 0 Å². The third-order valence-electron chi connectivity index (χ3n) is 4.59. The van der Waals surface area contributed by atoms with Crippen LogP contribution in [0.1, 0.15) is 16.7 Å². The largest absolute Gasteiger partial charge is 0.647 e. The maximum absolute atomic E-state index is 13.9. The fraction of sp³-hybridized carbons (Fsp3) is 0.250. The van der Waals surface area contributed by atoms with Gasteiger partial charge in [-0.15, -0.1) is 0 Å². The Balaban J connectivity index is 2.05. The molecule has 0 aromatic heterocycles. The lowest BCUT2D eigenvalue weighted by molar-refractivity contribution is 0.278. The summed E-state index contributed by atoms with van der Waals surface area (Å²) in [5.41, 5.74) is 2.85. The zero-order valence-corrected chi connectivity index (χ0v) is 19.9. The van der Waals surface area contributed by atoms with Crippen LogP contribution in [0.25, 0.3) is 0 Å². The van der Waals surface area contributed by atoms with Crippen LogP contribution < -0.4 is 27.8 Å². The van der Waals surface area contributed by atoms with Crippen LogP contribution in [0.4, 0.5) is 0 Å². The molecule has 0 aliphatic heterocycles. The van der Waals surface area contributed by atoms with E-state index in [1.54, 1.807) is 54.6 Å². The van der Waals surface area contributed by atoms with Gasteiger partial charge in [-0.3, -0.25) is 0 Å². The molecule has 0 fully saturated rings. The lowest BCUT2D eigenvalue weighted by Crippen LogP contribution is -2.09. The van der Waals surface area contributed by atoms with Crippen LogP contribution in [0.15, 0.2) is 54.6 Å². The van der Waals surface area contributed by atoms with Gasteiger partial charge >= 0.3 is 7.82 Å². The van der Waals surface area contributed by atoms with E-state index < -0.39 is 7.82 Å². The summed E-state index contributed by atoms with van der Waals surface area (Å²) in [4.78, 5) is 0. The van der Waals surface area contributed by atoms with Crippen LogP contribution in [-0.4, -0.2) is 21.3 Å². The molecule has 0 spiro atoms. The van der Waals surface area contributed by atoms with Gasteiger partial charge in [0.05, 0.1) is 21.3 Å². The van der Waals surface area contributed by atoms with Crippen molar-refractivity contribution in [3.63, 3.8) is 0 Å². The van der Waals surface area contributed by atoms with Crippen molar-refractivity contribution in [3.8, 4) is 34.5 Å². The zero-order valence-electron chi connectivity index (χ0n) is 19.0. The van der Waals surface area contributed by atoms with Gasteiger partial charge in [-0.2, -0.15) is 4.57 Å². The van der Waals surface area contributed by atoms with Crippen LogP contribution in [-0.2, 0) is 4.57 Å². The summed E-state index contributed by atoms with van der Waals surface area (Å²) < 4.78 is 47.6. The molecule has 0 bridgehead atoms. The highest BCUT2D eigenvalue weighted by Crippen LogP contribution is 2.54. The van der Waals surface area contributed by atoms with E-state index in [-0.39, 0.29) is 17.2 Å². The van der Waals surface area contributed by atoms with Crippen molar-refractivity contribution in [2.24, 2.45) is 0 Å². The molecule has 170 valence electrons. The molecule has 0 heterocycles. The highest BCUT2D eigenvalue weighted by Gasteiger charge is 2.36. The summed E-state index contributed by atoms with van der Waals surface area (Å²) in [6.45, 7) is 5.73. The van der Waals surface area contributed by atoms with Crippen molar-refractivity contribution in [3.05, 3.63) is 71.3 Å². The minimum absolute atomic E-state index is 0.207. The number of phosphoric acid groups is 1. The predicted octanol–water partition coefficient (Wildman–Crippen LogP) is 6.28. The number of aryl methyl sites for hydroxylation is 3. The Morgan fingerprint density at radius 2 is 0.781 bits per heavy atom. The number of methoxy groups -OCH3 is 3.